The Morgan fingerprint density at radius 1 is 1.45 bits per heavy atom. The van der Waals surface area contributed by atoms with E-state index in [1.165, 1.54) is 0 Å². The zero-order valence-electron chi connectivity index (χ0n) is 17.3. The quantitative estimate of drug-likeness (QED) is 0.561. The number of hydrogen-bond donors (Lipinski definition) is 1. The standard InChI is InChI=1S/C20H29N7O2/c1-21-20(27-10-11-29-18(15-27)16-12-24-26(3)14-16)23-13-19(28)25(2)9-7-17-6-4-5-8-22-17/h4-6,8,12,14,18H,7,9-11,13,15H2,1-3H3,(H,21,23). The van der Waals surface area contributed by atoms with E-state index >= 15 is 0 Å². The van der Waals surface area contributed by atoms with Gasteiger partial charge in [-0.3, -0.25) is 19.5 Å². The SMILES string of the molecule is CN=C(NCC(=O)N(C)CCc1ccccn1)N1CCOC(c2cnn(C)c2)C1. The number of carbonyl (C=O) groups excluding carboxylic acids is 1. The number of hydrogen-bond acceptors (Lipinski definition) is 5. The van der Waals surface area contributed by atoms with Crippen molar-refractivity contribution >= 4 is 11.9 Å². The second-order valence-electron chi connectivity index (χ2n) is 7.04. The molecule has 1 amide bonds. The number of pyridine rings is 1. The summed E-state index contributed by atoms with van der Waals surface area (Å²) < 4.78 is 7.65. The van der Waals surface area contributed by atoms with E-state index in [0.29, 0.717) is 25.7 Å². The van der Waals surface area contributed by atoms with Crippen LogP contribution in [0, 0.1) is 0 Å². The third kappa shape index (κ3) is 5.77. The second-order valence-corrected chi connectivity index (χ2v) is 7.04. The van der Waals surface area contributed by atoms with Crippen molar-refractivity contribution in [1.82, 2.24) is 29.9 Å². The van der Waals surface area contributed by atoms with Crippen LogP contribution in [0.3, 0.4) is 0 Å². The number of nitrogens with one attached hydrogen (secondary N) is 1. The van der Waals surface area contributed by atoms with Crippen LogP contribution in [-0.4, -0.2) is 83.3 Å². The highest BCUT2D eigenvalue weighted by atomic mass is 16.5. The lowest BCUT2D eigenvalue weighted by Gasteiger charge is -2.34. The Balaban J connectivity index is 1.48. The summed E-state index contributed by atoms with van der Waals surface area (Å²) in [6.07, 6.45) is 6.22. The Hall–Kier alpha value is -2.94. The molecule has 0 saturated carbocycles. The van der Waals surface area contributed by atoms with E-state index in [2.05, 4.69) is 25.3 Å². The van der Waals surface area contributed by atoms with Crippen molar-refractivity contribution in [3.05, 3.63) is 48.0 Å². The summed E-state index contributed by atoms with van der Waals surface area (Å²) in [5.41, 5.74) is 2.02. The normalized spacial score (nSPS) is 17.3. The molecule has 1 unspecified atom stereocenters. The Morgan fingerprint density at radius 2 is 2.31 bits per heavy atom. The topological polar surface area (TPSA) is 87.9 Å². The van der Waals surface area contributed by atoms with Crippen LogP contribution in [0.25, 0.3) is 0 Å². The van der Waals surface area contributed by atoms with Gasteiger partial charge in [0, 0.05) is 64.3 Å². The summed E-state index contributed by atoms with van der Waals surface area (Å²) in [5, 5.41) is 7.41. The first-order valence-electron chi connectivity index (χ1n) is 9.76. The van der Waals surface area contributed by atoms with Crippen molar-refractivity contribution in [3.63, 3.8) is 0 Å². The van der Waals surface area contributed by atoms with E-state index in [1.807, 2.05) is 44.7 Å². The van der Waals surface area contributed by atoms with Gasteiger partial charge in [-0.05, 0) is 12.1 Å². The molecule has 0 spiro atoms. The van der Waals surface area contributed by atoms with Gasteiger partial charge in [0.1, 0.15) is 6.10 Å². The smallest absolute Gasteiger partial charge is 0.241 e. The lowest BCUT2D eigenvalue weighted by atomic mass is 10.1. The molecule has 0 bridgehead atoms. The van der Waals surface area contributed by atoms with Crippen molar-refractivity contribution in [2.75, 3.05) is 46.9 Å². The fraction of sp³-hybridized carbons (Fsp3) is 0.500. The van der Waals surface area contributed by atoms with E-state index in [1.54, 1.807) is 22.8 Å². The molecule has 0 radical (unpaired) electrons. The van der Waals surface area contributed by atoms with Gasteiger partial charge in [0.05, 0.1) is 25.9 Å². The van der Waals surface area contributed by atoms with Crippen molar-refractivity contribution in [3.8, 4) is 0 Å². The van der Waals surface area contributed by atoms with E-state index in [4.69, 9.17) is 4.74 Å². The molecule has 2 aromatic rings. The first kappa shape index (κ1) is 20.8. The Bertz CT molecular complexity index is 821. The molecule has 9 nitrogen and oxygen atoms in total. The molecular weight excluding hydrogens is 370 g/mol. The third-order valence-corrected chi connectivity index (χ3v) is 4.93. The molecule has 9 heteroatoms. The number of aromatic nitrogens is 3. The average Bonchev–Trinajstić information content (AvgIpc) is 3.19. The molecule has 1 fully saturated rings. The third-order valence-electron chi connectivity index (χ3n) is 4.93. The number of carbonyl (C=O) groups is 1. The number of aryl methyl sites for hydroxylation is 1. The molecule has 3 rings (SSSR count). The van der Waals surface area contributed by atoms with Gasteiger partial charge in [0.15, 0.2) is 5.96 Å². The number of likely N-dealkylation sites (N-methyl/N-ethyl adjacent to an activating group) is 1. The number of ether oxygens (including phenoxy) is 1. The van der Waals surface area contributed by atoms with Crippen LogP contribution >= 0.6 is 0 Å². The fourth-order valence-corrected chi connectivity index (χ4v) is 3.22. The molecule has 156 valence electrons. The van der Waals surface area contributed by atoms with E-state index in [0.717, 1.165) is 24.2 Å². The number of amides is 1. The van der Waals surface area contributed by atoms with Crippen LogP contribution < -0.4 is 5.32 Å². The molecule has 1 atom stereocenters. The van der Waals surface area contributed by atoms with Crippen LogP contribution in [0.15, 0.2) is 41.8 Å². The molecule has 3 heterocycles. The predicted molar refractivity (Wildman–Crippen MR) is 110 cm³/mol. The molecule has 0 aromatic carbocycles. The second kappa shape index (κ2) is 10.0. The van der Waals surface area contributed by atoms with E-state index in [9.17, 15) is 4.79 Å². The molecule has 1 saturated heterocycles. The van der Waals surface area contributed by atoms with Crippen molar-refractivity contribution < 1.29 is 9.53 Å². The van der Waals surface area contributed by atoms with E-state index < -0.39 is 0 Å². The first-order valence-corrected chi connectivity index (χ1v) is 9.76. The number of nitrogens with zero attached hydrogens (tertiary/aromatic N) is 6. The highest BCUT2D eigenvalue weighted by Gasteiger charge is 2.25. The van der Waals surface area contributed by atoms with Crippen molar-refractivity contribution in [1.29, 1.82) is 0 Å². The van der Waals surface area contributed by atoms with Crippen LogP contribution in [0.5, 0.6) is 0 Å². The summed E-state index contributed by atoms with van der Waals surface area (Å²) >= 11 is 0. The monoisotopic (exact) mass is 399 g/mol. The molecule has 0 aliphatic carbocycles. The Morgan fingerprint density at radius 3 is 3.00 bits per heavy atom. The lowest BCUT2D eigenvalue weighted by Crippen LogP contribution is -2.50. The van der Waals surface area contributed by atoms with Gasteiger partial charge in [0.2, 0.25) is 5.91 Å². The van der Waals surface area contributed by atoms with Crippen LogP contribution in [0.1, 0.15) is 17.4 Å². The van der Waals surface area contributed by atoms with Crippen LogP contribution in [0.4, 0.5) is 0 Å². The van der Waals surface area contributed by atoms with Crippen molar-refractivity contribution in [2.24, 2.45) is 12.0 Å². The molecule has 2 aromatic heterocycles. The zero-order valence-corrected chi connectivity index (χ0v) is 17.3. The summed E-state index contributed by atoms with van der Waals surface area (Å²) in [4.78, 5) is 25.0. The number of guanidine groups is 1. The first-order chi connectivity index (χ1) is 14.1. The van der Waals surface area contributed by atoms with Crippen LogP contribution in [-0.2, 0) is 23.0 Å². The van der Waals surface area contributed by atoms with Gasteiger partial charge < -0.3 is 19.9 Å². The number of aliphatic imine (C=N–C) groups is 1. The minimum atomic E-state index is -0.0623. The van der Waals surface area contributed by atoms with E-state index in [-0.39, 0.29) is 18.6 Å². The lowest BCUT2D eigenvalue weighted by molar-refractivity contribution is -0.128. The van der Waals surface area contributed by atoms with Gasteiger partial charge in [-0.15, -0.1) is 0 Å². The highest BCUT2D eigenvalue weighted by molar-refractivity contribution is 5.86. The molecule has 29 heavy (non-hydrogen) atoms. The maximum atomic E-state index is 12.5. The maximum absolute atomic E-state index is 12.5. The highest BCUT2D eigenvalue weighted by Crippen LogP contribution is 2.21. The largest absolute Gasteiger partial charge is 0.370 e. The fourth-order valence-electron chi connectivity index (χ4n) is 3.22. The van der Waals surface area contributed by atoms with Crippen molar-refractivity contribution in [2.45, 2.75) is 12.5 Å². The van der Waals surface area contributed by atoms with Gasteiger partial charge in [-0.25, -0.2) is 0 Å². The van der Waals surface area contributed by atoms with Crippen LogP contribution in [0.2, 0.25) is 0 Å². The average molecular weight is 399 g/mol. The Labute approximate surface area is 171 Å². The molecule has 1 aliphatic rings. The van der Waals surface area contributed by atoms with Gasteiger partial charge in [-0.2, -0.15) is 5.10 Å². The summed E-state index contributed by atoms with van der Waals surface area (Å²) in [6, 6.07) is 5.81. The number of morpholine rings is 1. The zero-order chi connectivity index (χ0) is 20.6. The summed E-state index contributed by atoms with van der Waals surface area (Å²) in [5.74, 6) is 0.716. The maximum Gasteiger partial charge on any atom is 0.241 e. The minimum Gasteiger partial charge on any atom is -0.370 e. The minimum absolute atomic E-state index is 0.0131. The number of rotatable bonds is 6. The van der Waals surface area contributed by atoms with Gasteiger partial charge in [0.25, 0.3) is 0 Å². The Kier molecular flexibility index (Phi) is 7.18. The van der Waals surface area contributed by atoms with Gasteiger partial charge >= 0.3 is 0 Å². The molecule has 1 N–H and O–H groups in total. The van der Waals surface area contributed by atoms with Gasteiger partial charge in [-0.1, -0.05) is 6.07 Å². The molecular formula is C20H29N7O2. The summed E-state index contributed by atoms with van der Waals surface area (Å²) in [6.45, 7) is 2.80. The summed E-state index contributed by atoms with van der Waals surface area (Å²) in [7, 11) is 5.43. The molecule has 1 aliphatic heterocycles. The predicted octanol–water partition coefficient (Wildman–Crippen LogP) is 0.465.